The molecule has 0 saturated carbocycles. The Morgan fingerprint density at radius 3 is 2.09 bits per heavy atom. The van der Waals surface area contributed by atoms with E-state index in [1.54, 1.807) is 6.20 Å². The van der Waals surface area contributed by atoms with Crippen LogP contribution in [0.15, 0.2) is 91.1 Å². The number of aliphatic hydroxyl groups is 1. The number of benzene rings is 3. The number of hydrogen-bond donors (Lipinski definition) is 6. The molecule has 0 fully saturated rings. The van der Waals surface area contributed by atoms with E-state index < -0.39 is 48.0 Å². The number of aromatic nitrogens is 1. The summed E-state index contributed by atoms with van der Waals surface area (Å²) >= 11 is 0. The van der Waals surface area contributed by atoms with Gasteiger partial charge in [0.05, 0.1) is 6.04 Å². The topological polar surface area (TPSA) is 162 Å². The number of hydrogen-bond acceptors (Lipinski definition) is 6. The van der Waals surface area contributed by atoms with Gasteiger partial charge in [-0.05, 0) is 36.1 Å². The molecule has 4 amide bonds. The zero-order valence-electron chi connectivity index (χ0n) is 24.6. The van der Waals surface area contributed by atoms with Crippen LogP contribution in [0.1, 0.15) is 23.6 Å². The Hall–Kier alpha value is -5.16. The molecular weight excluding hydrogens is 562 g/mol. The Labute approximate surface area is 255 Å². The van der Waals surface area contributed by atoms with Gasteiger partial charge in [0.1, 0.15) is 18.7 Å². The summed E-state index contributed by atoms with van der Waals surface area (Å²) in [4.78, 5) is 54.9. The Kier molecular flexibility index (Phi) is 11.1. The molecule has 44 heavy (non-hydrogen) atoms. The number of aromatic amines is 1. The van der Waals surface area contributed by atoms with E-state index in [1.165, 1.54) is 14.0 Å². The summed E-state index contributed by atoms with van der Waals surface area (Å²) in [6.45, 7) is 1.51. The first-order valence-corrected chi connectivity index (χ1v) is 14.3. The molecule has 11 heteroatoms. The van der Waals surface area contributed by atoms with E-state index in [-0.39, 0.29) is 19.4 Å². The van der Waals surface area contributed by atoms with Crippen LogP contribution in [-0.4, -0.2) is 65.2 Å². The number of likely N-dealkylation sites (N-methyl/N-ethyl adjacent to an activating group) is 1. The fourth-order valence-electron chi connectivity index (χ4n) is 4.76. The third-order valence-corrected chi connectivity index (χ3v) is 7.19. The van der Waals surface area contributed by atoms with Gasteiger partial charge in [-0.3, -0.25) is 14.4 Å². The zero-order valence-corrected chi connectivity index (χ0v) is 24.6. The molecule has 4 atom stereocenters. The lowest BCUT2D eigenvalue weighted by Crippen LogP contribution is -2.58. The number of H-pyrrole nitrogens is 1. The monoisotopic (exact) mass is 599 g/mol. The molecule has 0 radical (unpaired) electrons. The average molecular weight is 600 g/mol. The molecule has 0 saturated heterocycles. The summed E-state index contributed by atoms with van der Waals surface area (Å²) in [6.07, 6.45) is -0.305. The highest BCUT2D eigenvalue weighted by Crippen LogP contribution is 2.19. The van der Waals surface area contributed by atoms with Crippen molar-refractivity contribution in [2.45, 2.75) is 50.6 Å². The summed E-state index contributed by atoms with van der Waals surface area (Å²) in [5.41, 5.74) is 3.22. The lowest BCUT2D eigenvalue weighted by atomic mass is 9.99. The predicted octanol–water partition coefficient (Wildman–Crippen LogP) is 2.34. The van der Waals surface area contributed by atoms with Crippen molar-refractivity contribution in [3.8, 4) is 0 Å². The minimum absolute atomic E-state index is 0.0308. The first-order chi connectivity index (χ1) is 21.2. The molecule has 1 aromatic heterocycles. The van der Waals surface area contributed by atoms with E-state index in [2.05, 4.69) is 26.3 Å². The van der Waals surface area contributed by atoms with Crippen molar-refractivity contribution in [1.82, 2.24) is 26.3 Å². The molecule has 6 N–H and O–H groups in total. The maximum Gasteiger partial charge on any atom is 0.408 e. The number of carbonyl (C=O) groups excluding carboxylic acids is 4. The van der Waals surface area contributed by atoms with E-state index >= 15 is 0 Å². The van der Waals surface area contributed by atoms with Crippen molar-refractivity contribution in [3.05, 3.63) is 108 Å². The number of para-hydroxylation sites is 1. The van der Waals surface area contributed by atoms with E-state index in [4.69, 9.17) is 4.74 Å². The second-order valence-electron chi connectivity index (χ2n) is 10.4. The van der Waals surface area contributed by atoms with Crippen molar-refractivity contribution in [1.29, 1.82) is 0 Å². The number of fused-ring (bicyclic) bond motifs is 1. The number of alkyl carbamates (subject to hydrolysis) is 1. The standard InChI is InChI=1S/C33H37N5O6/c1-21(36-33(43)44-20-23-13-7-4-8-14-23)30(40)38-28(18-24-19-35-26-16-10-9-15-25(24)26)31(41)37-27(29(39)32(42)34-2)17-22-11-5-3-6-12-22/h3-16,19,21,27-29,35,39H,17-18,20H2,1-2H3,(H,34,42)(H,36,43)(H,37,41)(H,38,40)/t21?,27-,28-,29-/m0/s1. The van der Waals surface area contributed by atoms with Crippen LogP contribution in [0.25, 0.3) is 10.9 Å². The SMILES string of the molecule is CNC(=O)[C@@H](O)[C@H](Cc1ccccc1)NC(=O)[C@H](Cc1c[nH]c2ccccc12)NC(=O)C(C)NC(=O)OCc1ccccc1. The lowest BCUT2D eigenvalue weighted by Gasteiger charge is -2.27. The second kappa shape index (κ2) is 15.4. The van der Waals surface area contributed by atoms with Gasteiger partial charge in [-0.15, -0.1) is 0 Å². The van der Waals surface area contributed by atoms with Crippen molar-refractivity contribution < 1.29 is 29.0 Å². The van der Waals surface area contributed by atoms with E-state index in [0.29, 0.717) is 0 Å². The minimum Gasteiger partial charge on any atom is -0.445 e. The summed E-state index contributed by atoms with van der Waals surface area (Å²) < 4.78 is 5.22. The molecular formula is C33H37N5O6. The van der Waals surface area contributed by atoms with Crippen LogP contribution in [0.3, 0.4) is 0 Å². The number of nitrogens with one attached hydrogen (secondary N) is 5. The maximum atomic E-state index is 13.8. The minimum atomic E-state index is -1.55. The van der Waals surface area contributed by atoms with E-state index in [9.17, 15) is 24.3 Å². The van der Waals surface area contributed by atoms with E-state index in [0.717, 1.165) is 27.6 Å². The van der Waals surface area contributed by atoms with Gasteiger partial charge < -0.3 is 36.1 Å². The van der Waals surface area contributed by atoms with Crippen molar-refractivity contribution in [2.75, 3.05) is 7.05 Å². The summed E-state index contributed by atoms with van der Waals surface area (Å²) in [5, 5.41) is 22.1. The van der Waals surface area contributed by atoms with Gasteiger partial charge in [-0.25, -0.2) is 4.79 Å². The number of ether oxygens (including phenoxy) is 1. The molecule has 0 aliphatic heterocycles. The molecule has 3 aromatic carbocycles. The molecule has 11 nitrogen and oxygen atoms in total. The van der Waals surface area contributed by atoms with Gasteiger partial charge in [-0.2, -0.15) is 0 Å². The van der Waals surface area contributed by atoms with Crippen molar-refractivity contribution in [2.24, 2.45) is 0 Å². The van der Waals surface area contributed by atoms with Gasteiger partial charge in [0, 0.05) is 30.6 Å². The van der Waals surface area contributed by atoms with Gasteiger partial charge in [0.25, 0.3) is 5.91 Å². The Morgan fingerprint density at radius 1 is 0.773 bits per heavy atom. The van der Waals surface area contributed by atoms with Crippen molar-refractivity contribution >= 4 is 34.7 Å². The number of rotatable bonds is 13. The molecule has 1 heterocycles. The summed E-state index contributed by atoms with van der Waals surface area (Å²) in [7, 11) is 1.40. The average Bonchev–Trinajstić information content (AvgIpc) is 3.45. The highest BCUT2D eigenvalue weighted by molar-refractivity contribution is 5.92. The third-order valence-electron chi connectivity index (χ3n) is 7.19. The fourth-order valence-corrected chi connectivity index (χ4v) is 4.76. The molecule has 230 valence electrons. The second-order valence-corrected chi connectivity index (χ2v) is 10.4. The van der Waals surface area contributed by atoms with Gasteiger partial charge in [-0.1, -0.05) is 78.9 Å². The van der Waals surface area contributed by atoms with E-state index in [1.807, 2.05) is 84.9 Å². The molecule has 0 bridgehead atoms. The normalized spacial score (nSPS) is 13.6. The Bertz CT molecular complexity index is 1560. The number of carbonyl (C=O) groups is 4. The van der Waals surface area contributed by atoms with Gasteiger partial charge in [0.2, 0.25) is 11.8 Å². The maximum absolute atomic E-state index is 13.8. The number of aliphatic hydroxyl groups excluding tert-OH is 1. The highest BCUT2D eigenvalue weighted by atomic mass is 16.5. The zero-order chi connectivity index (χ0) is 31.5. The smallest absolute Gasteiger partial charge is 0.408 e. The number of amides is 4. The van der Waals surface area contributed by atoms with Gasteiger partial charge in [0.15, 0.2) is 6.10 Å². The first-order valence-electron chi connectivity index (χ1n) is 14.3. The quantitative estimate of drug-likeness (QED) is 0.138. The van der Waals surface area contributed by atoms with Crippen LogP contribution in [0.5, 0.6) is 0 Å². The van der Waals surface area contributed by atoms with Crippen LogP contribution in [0.2, 0.25) is 0 Å². The molecule has 0 aliphatic rings. The van der Waals surface area contributed by atoms with Crippen LogP contribution in [0, 0.1) is 0 Å². The largest absolute Gasteiger partial charge is 0.445 e. The molecule has 1 unspecified atom stereocenters. The Morgan fingerprint density at radius 2 is 1.41 bits per heavy atom. The molecule has 4 aromatic rings. The van der Waals surface area contributed by atoms with Crippen LogP contribution < -0.4 is 21.3 Å². The predicted molar refractivity (Wildman–Crippen MR) is 165 cm³/mol. The lowest BCUT2D eigenvalue weighted by molar-refractivity contribution is -0.134. The van der Waals surface area contributed by atoms with Crippen molar-refractivity contribution in [3.63, 3.8) is 0 Å². The van der Waals surface area contributed by atoms with Crippen LogP contribution >= 0.6 is 0 Å². The Balaban J connectivity index is 1.50. The molecule has 4 rings (SSSR count). The van der Waals surface area contributed by atoms with Crippen LogP contribution in [-0.2, 0) is 38.6 Å². The third kappa shape index (κ3) is 8.68. The molecule has 0 spiro atoms. The summed E-state index contributed by atoms with van der Waals surface area (Å²) in [5.74, 6) is -1.88. The highest BCUT2D eigenvalue weighted by Gasteiger charge is 2.32. The first kappa shape index (κ1) is 31.8. The fraction of sp³-hybridized carbons (Fsp3) is 0.273. The van der Waals surface area contributed by atoms with Crippen LogP contribution in [0.4, 0.5) is 4.79 Å². The molecule has 0 aliphatic carbocycles. The van der Waals surface area contributed by atoms with Gasteiger partial charge >= 0.3 is 6.09 Å². The summed E-state index contributed by atoms with van der Waals surface area (Å²) in [6, 6.07) is 22.7.